The van der Waals surface area contributed by atoms with E-state index in [2.05, 4.69) is 15.8 Å². The first-order chi connectivity index (χ1) is 13.5. The number of hydrazine groups is 1. The molecule has 9 heteroatoms. The highest BCUT2D eigenvalue weighted by Gasteiger charge is 2.13. The quantitative estimate of drug-likeness (QED) is 0.488. The van der Waals surface area contributed by atoms with Crippen molar-refractivity contribution in [3.05, 3.63) is 64.9 Å². The van der Waals surface area contributed by atoms with E-state index in [1.54, 1.807) is 0 Å². The molecule has 3 rings (SSSR count). The van der Waals surface area contributed by atoms with Crippen molar-refractivity contribution < 1.29 is 23.5 Å². The molecule has 28 heavy (non-hydrogen) atoms. The van der Waals surface area contributed by atoms with Crippen molar-refractivity contribution in [3.8, 4) is 0 Å². The molecule has 7 nitrogen and oxygen atoms in total. The first kappa shape index (κ1) is 19.4. The molecule has 0 radical (unpaired) electrons. The number of aryl methyl sites for hydroxylation is 1. The van der Waals surface area contributed by atoms with Crippen LogP contribution in [-0.4, -0.2) is 29.4 Å². The number of esters is 1. The number of carbonyl (C=O) groups excluding carboxylic acids is 3. The van der Waals surface area contributed by atoms with Crippen LogP contribution in [-0.2, 0) is 20.7 Å². The van der Waals surface area contributed by atoms with Gasteiger partial charge in [0.25, 0.3) is 11.8 Å². The van der Waals surface area contributed by atoms with Gasteiger partial charge in [0.2, 0.25) is 0 Å². The van der Waals surface area contributed by atoms with Gasteiger partial charge in [0.1, 0.15) is 5.82 Å². The average molecular weight is 401 g/mol. The molecule has 0 saturated carbocycles. The number of amides is 2. The number of nitrogens with zero attached hydrogens (tertiary/aromatic N) is 1. The minimum atomic E-state index is -0.811. The first-order valence-electron chi connectivity index (χ1n) is 8.36. The molecular formula is C19H16FN3O4S. The van der Waals surface area contributed by atoms with E-state index in [0.717, 1.165) is 21.3 Å². The van der Waals surface area contributed by atoms with E-state index < -0.39 is 30.2 Å². The molecule has 0 bridgehead atoms. The SMILES string of the molecule is O=C(COC(=O)CCc1nc2ccccc2s1)NNC(=O)c1ccccc1F. The van der Waals surface area contributed by atoms with Gasteiger partial charge in [0.05, 0.1) is 27.2 Å². The summed E-state index contributed by atoms with van der Waals surface area (Å²) in [6, 6.07) is 13.0. The Morgan fingerprint density at radius 3 is 2.57 bits per heavy atom. The molecular weight excluding hydrogens is 385 g/mol. The fourth-order valence-electron chi connectivity index (χ4n) is 2.33. The van der Waals surface area contributed by atoms with E-state index in [0.29, 0.717) is 6.42 Å². The molecule has 2 N–H and O–H groups in total. The maximum Gasteiger partial charge on any atom is 0.306 e. The molecule has 144 valence electrons. The predicted octanol–water partition coefficient (Wildman–Crippen LogP) is 2.37. The van der Waals surface area contributed by atoms with Gasteiger partial charge < -0.3 is 4.74 Å². The summed E-state index contributed by atoms with van der Waals surface area (Å²) in [7, 11) is 0. The third-order valence-corrected chi connectivity index (χ3v) is 4.78. The Morgan fingerprint density at radius 2 is 1.79 bits per heavy atom. The van der Waals surface area contributed by atoms with Gasteiger partial charge in [-0.3, -0.25) is 25.2 Å². The number of hydrogen-bond acceptors (Lipinski definition) is 6. The monoisotopic (exact) mass is 401 g/mol. The van der Waals surface area contributed by atoms with Crippen molar-refractivity contribution >= 4 is 39.3 Å². The minimum absolute atomic E-state index is 0.0781. The van der Waals surface area contributed by atoms with Crippen molar-refractivity contribution in [1.82, 2.24) is 15.8 Å². The molecule has 0 aliphatic rings. The Morgan fingerprint density at radius 1 is 1.04 bits per heavy atom. The van der Waals surface area contributed by atoms with Gasteiger partial charge in [-0.1, -0.05) is 24.3 Å². The first-order valence-corrected chi connectivity index (χ1v) is 9.18. The van der Waals surface area contributed by atoms with Crippen LogP contribution in [0.25, 0.3) is 10.2 Å². The third kappa shape index (κ3) is 5.10. The molecule has 0 saturated heterocycles. The Hall–Kier alpha value is -3.33. The number of rotatable bonds is 6. The molecule has 2 aromatic carbocycles. The van der Waals surface area contributed by atoms with E-state index >= 15 is 0 Å². The van der Waals surface area contributed by atoms with Crippen molar-refractivity contribution in [2.24, 2.45) is 0 Å². The molecule has 0 atom stereocenters. The number of para-hydroxylation sites is 1. The highest BCUT2D eigenvalue weighted by atomic mass is 32.1. The summed E-state index contributed by atoms with van der Waals surface area (Å²) in [6.07, 6.45) is 0.485. The van der Waals surface area contributed by atoms with Gasteiger partial charge in [0.15, 0.2) is 6.61 Å². The molecule has 2 amide bonds. The molecule has 3 aromatic rings. The van der Waals surface area contributed by atoms with E-state index in [9.17, 15) is 18.8 Å². The van der Waals surface area contributed by atoms with Gasteiger partial charge >= 0.3 is 5.97 Å². The van der Waals surface area contributed by atoms with Crippen LogP contribution in [0.1, 0.15) is 21.8 Å². The molecule has 0 fully saturated rings. The van der Waals surface area contributed by atoms with Crippen molar-refractivity contribution in [1.29, 1.82) is 0 Å². The Labute approximate surface area is 163 Å². The standard InChI is InChI=1S/C19H16FN3O4S/c20-13-6-2-1-5-12(13)19(26)23-22-16(24)11-27-18(25)10-9-17-21-14-7-3-4-8-15(14)28-17/h1-8H,9-11H2,(H,22,24)(H,23,26). The van der Waals surface area contributed by atoms with E-state index in [1.807, 2.05) is 24.3 Å². The molecule has 0 aliphatic carbocycles. The van der Waals surface area contributed by atoms with Gasteiger partial charge in [-0.2, -0.15) is 0 Å². The number of carbonyl (C=O) groups is 3. The smallest absolute Gasteiger partial charge is 0.306 e. The van der Waals surface area contributed by atoms with Gasteiger partial charge in [-0.15, -0.1) is 11.3 Å². The van der Waals surface area contributed by atoms with Crippen LogP contribution in [0, 0.1) is 5.82 Å². The van der Waals surface area contributed by atoms with Crippen LogP contribution in [0.3, 0.4) is 0 Å². The van der Waals surface area contributed by atoms with Gasteiger partial charge in [-0.05, 0) is 24.3 Å². The summed E-state index contributed by atoms with van der Waals surface area (Å²) in [6.45, 7) is -0.559. The fraction of sp³-hybridized carbons (Fsp3) is 0.158. The zero-order valence-corrected chi connectivity index (χ0v) is 15.4. The molecule has 0 aliphatic heterocycles. The summed E-state index contributed by atoms with van der Waals surface area (Å²) in [4.78, 5) is 39.6. The summed E-state index contributed by atoms with van der Waals surface area (Å²) >= 11 is 1.50. The summed E-state index contributed by atoms with van der Waals surface area (Å²) in [5.74, 6) is -2.82. The van der Waals surface area contributed by atoms with Crippen molar-refractivity contribution in [2.45, 2.75) is 12.8 Å². The van der Waals surface area contributed by atoms with E-state index in [4.69, 9.17) is 4.74 Å². The number of halogens is 1. The van der Waals surface area contributed by atoms with E-state index in [1.165, 1.54) is 29.5 Å². The summed E-state index contributed by atoms with van der Waals surface area (Å²) in [5, 5.41) is 0.805. The molecule has 0 spiro atoms. The lowest BCUT2D eigenvalue weighted by Gasteiger charge is -2.08. The number of benzene rings is 2. The normalized spacial score (nSPS) is 10.5. The van der Waals surface area contributed by atoms with Crippen molar-refractivity contribution in [2.75, 3.05) is 6.61 Å². The summed E-state index contributed by atoms with van der Waals surface area (Å²) < 4.78 is 19.4. The van der Waals surface area contributed by atoms with Crippen LogP contribution < -0.4 is 10.9 Å². The zero-order valence-electron chi connectivity index (χ0n) is 14.6. The van der Waals surface area contributed by atoms with Crippen LogP contribution in [0.4, 0.5) is 4.39 Å². The number of ether oxygens (including phenoxy) is 1. The molecule has 1 aromatic heterocycles. The minimum Gasteiger partial charge on any atom is -0.455 e. The predicted molar refractivity (Wildman–Crippen MR) is 101 cm³/mol. The number of aromatic nitrogens is 1. The number of thiazole rings is 1. The molecule has 0 unspecified atom stereocenters. The number of fused-ring (bicyclic) bond motifs is 1. The maximum absolute atomic E-state index is 13.5. The lowest BCUT2D eigenvalue weighted by atomic mass is 10.2. The van der Waals surface area contributed by atoms with Crippen LogP contribution in [0.15, 0.2) is 48.5 Å². The molecule has 1 heterocycles. The second kappa shape index (κ2) is 9.05. The largest absolute Gasteiger partial charge is 0.455 e. The average Bonchev–Trinajstić information content (AvgIpc) is 3.12. The summed E-state index contributed by atoms with van der Waals surface area (Å²) in [5.41, 5.74) is 4.78. The van der Waals surface area contributed by atoms with Crippen molar-refractivity contribution in [3.63, 3.8) is 0 Å². The Bertz CT molecular complexity index is 988. The lowest BCUT2D eigenvalue weighted by molar-refractivity contribution is -0.148. The van der Waals surface area contributed by atoms with Crippen LogP contribution in [0.5, 0.6) is 0 Å². The number of nitrogens with one attached hydrogen (secondary N) is 2. The fourth-order valence-corrected chi connectivity index (χ4v) is 3.30. The number of hydrogen-bond donors (Lipinski definition) is 2. The third-order valence-electron chi connectivity index (χ3n) is 3.68. The van der Waals surface area contributed by atoms with Crippen LogP contribution in [0.2, 0.25) is 0 Å². The topological polar surface area (TPSA) is 97.4 Å². The highest BCUT2D eigenvalue weighted by Crippen LogP contribution is 2.22. The van der Waals surface area contributed by atoms with Gasteiger partial charge in [0, 0.05) is 6.42 Å². The lowest BCUT2D eigenvalue weighted by Crippen LogP contribution is -2.43. The Kier molecular flexibility index (Phi) is 6.28. The zero-order chi connectivity index (χ0) is 19.9. The second-order valence-electron chi connectivity index (χ2n) is 5.72. The highest BCUT2D eigenvalue weighted by molar-refractivity contribution is 7.18. The van der Waals surface area contributed by atoms with Gasteiger partial charge in [-0.25, -0.2) is 9.37 Å². The van der Waals surface area contributed by atoms with Crippen LogP contribution >= 0.6 is 11.3 Å². The second-order valence-corrected chi connectivity index (χ2v) is 6.83. The maximum atomic E-state index is 13.5. The Balaban J connectivity index is 1.38. The van der Waals surface area contributed by atoms with E-state index in [-0.39, 0.29) is 12.0 Å².